The Balaban J connectivity index is 0.00000153. The first-order valence-electron chi connectivity index (χ1n) is 11.0. The molecule has 0 spiro atoms. The molecule has 3 heterocycles. The van der Waals surface area contributed by atoms with Crippen LogP contribution in [0.4, 0.5) is 16.2 Å². The van der Waals surface area contributed by atoms with E-state index in [4.69, 9.17) is 4.74 Å². The molecule has 0 atom stereocenters. The van der Waals surface area contributed by atoms with E-state index in [1.54, 1.807) is 4.90 Å². The standard InChI is InChI=1S/C25H28N4O2.2ClH/c1-19-8-9-22-23(26-19)6-3-7-24(22)28-14-12-27(13-15-28)11-10-20-4-2-5-21(18-20)29-16-17-31-25(29)30;;/h2-9,18H,10-17H2,1H3;2*1H. The van der Waals surface area contributed by atoms with Gasteiger partial charge in [-0.05, 0) is 55.3 Å². The highest BCUT2D eigenvalue weighted by atomic mass is 35.5. The molecular weight excluding hydrogens is 459 g/mol. The fourth-order valence-electron chi connectivity index (χ4n) is 4.52. The van der Waals surface area contributed by atoms with Crippen LogP contribution in [-0.4, -0.2) is 61.9 Å². The van der Waals surface area contributed by atoms with Gasteiger partial charge in [-0.1, -0.05) is 18.2 Å². The number of ether oxygens (including phenoxy) is 1. The highest BCUT2D eigenvalue weighted by Crippen LogP contribution is 2.27. The molecule has 176 valence electrons. The summed E-state index contributed by atoms with van der Waals surface area (Å²) in [5.41, 5.74) is 5.61. The van der Waals surface area contributed by atoms with E-state index < -0.39 is 0 Å². The summed E-state index contributed by atoms with van der Waals surface area (Å²) in [5, 5.41) is 1.24. The Hall–Kier alpha value is -2.54. The molecule has 0 N–H and O–H groups in total. The third kappa shape index (κ3) is 5.52. The molecule has 2 aliphatic rings. The Labute approximate surface area is 207 Å². The largest absolute Gasteiger partial charge is 0.447 e. The van der Waals surface area contributed by atoms with Crippen molar-refractivity contribution in [2.24, 2.45) is 0 Å². The van der Waals surface area contributed by atoms with Crippen molar-refractivity contribution in [3.63, 3.8) is 0 Å². The summed E-state index contributed by atoms with van der Waals surface area (Å²) >= 11 is 0. The number of benzene rings is 2. The minimum absolute atomic E-state index is 0. The summed E-state index contributed by atoms with van der Waals surface area (Å²) in [6.07, 6.45) is 0.737. The molecule has 0 radical (unpaired) electrons. The van der Waals surface area contributed by atoms with E-state index in [-0.39, 0.29) is 30.9 Å². The molecule has 1 aromatic heterocycles. The van der Waals surface area contributed by atoms with Gasteiger partial charge in [0.1, 0.15) is 6.61 Å². The van der Waals surface area contributed by atoms with Gasteiger partial charge in [0, 0.05) is 55.2 Å². The van der Waals surface area contributed by atoms with E-state index in [0.29, 0.717) is 13.2 Å². The Morgan fingerprint density at radius 3 is 2.48 bits per heavy atom. The van der Waals surface area contributed by atoms with Gasteiger partial charge in [-0.2, -0.15) is 0 Å². The molecular formula is C25H30Cl2N4O2. The number of cyclic esters (lactones) is 1. The summed E-state index contributed by atoms with van der Waals surface area (Å²) in [7, 11) is 0. The molecule has 0 bridgehead atoms. The maximum atomic E-state index is 11.8. The van der Waals surface area contributed by atoms with Crippen molar-refractivity contribution < 1.29 is 9.53 Å². The second kappa shape index (κ2) is 11.1. The number of halogens is 2. The molecule has 2 aliphatic heterocycles. The Morgan fingerprint density at radius 2 is 1.73 bits per heavy atom. The lowest BCUT2D eigenvalue weighted by molar-refractivity contribution is 0.181. The minimum Gasteiger partial charge on any atom is -0.447 e. The average Bonchev–Trinajstić information content (AvgIpc) is 3.23. The van der Waals surface area contributed by atoms with E-state index >= 15 is 0 Å². The van der Waals surface area contributed by atoms with E-state index in [1.807, 2.05) is 19.1 Å². The average molecular weight is 489 g/mol. The van der Waals surface area contributed by atoms with Crippen LogP contribution in [-0.2, 0) is 11.2 Å². The predicted molar refractivity (Wildman–Crippen MR) is 138 cm³/mol. The molecule has 2 saturated heterocycles. The molecule has 33 heavy (non-hydrogen) atoms. The lowest BCUT2D eigenvalue weighted by atomic mass is 10.1. The summed E-state index contributed by atoms with van der Waals surface area (Å²) in [6, 6.07) is 19.0. The number of anilines is 2. The van der Waals surface area contributed by atoms with Crippen LogP contribution in [0.3, 0.4) is 0 Å². The first-order chi connectivity index (χ1) is 15.2. The van der Waals surface area contributed by atoms with E-state index in [0.717, 1.165) is 56.0 Å². The summed E-state index contributed by atoms with van der Waals surface area (Å²) in [6.45, 7) is 8.31. The zero-order chi connectivity index (χ0) is 21.2. The summed E-state index contributed by atoms with van der Waals surface area (Å²) in [4.78, 5) is 23.2. The van der Waals surface area contributed by atoms with Crippen molar-refractivity contribution in [1.82, 2.24) is 9.88 Å². The molecule has 2 aromatic carbocycles. The van der Waals surface area contributed by atoms with Gasteiger partial charge in [0.05, 0.1) is 12.1 Å². The fourth-order valence-corrected chi connectivity index (χ4v) is 4.52. The lowest BCUT2D eigenvalue weighted by Crippen LogP contribution is -2.47. The highest BCUT2D eigenvalue weighted by Gasteiger charge is 2.24. The van der Waals surface area contributed by atoms with Crippen LogP contribution in [0.5, 0.6) is 0 Å². The Kier molecular flexibility index (Phi) is 8.40. The van der Waals surface area contributed by atoms with Crippen molar-refractivity contribution in [2.45, 2.75) is 13.3 Å². The molecule has 0 saturated carbocycles. The number of pyridine rings is 1. The predicted octanol–water partition coefficient (Wildman–Crippen LogP) is 4.71. The van der Waals surface area contributed by atoms with Gasteiger partial charge in [-0.3, -0.25) is 14.8 Å². The van der Waals surface area contributed by atoms with Crippen molar-refractivity contribution in [3.8, 4) is 0 Å². The molecule has 6 nitrogen and oxygen atoms in total. The number of carbonyl (C=O) groups excluding carboxylic acids is 1. The first kappa shape index (κ1) is 25.1. The molecule has 1 amide bonds. The molecule has 0 aliphatic carbocycles. The van der Waals surface area contributed by atoms with Crippen LogP contribution in [0.1, 0.15) is 11.3 Å². The number of hydrogen-bond acceptors (Lipinski definition) is 5. The first-order valence-corrected chi connectivity index (χ1v) is 11.0. The quantitative estimate of drug-likeness (QED) is 0.520. The number of piperazine rings is 1. The third-order valence-corrected chi connectivity index (χ3v) is 6.26. The van der Waals surface area contributed by atoms with Gasteiger partial charge in [-0.15, -0.1) is 24.8 Å². The summed E-state index contributed by atoms with van der Waals surface area (Å²) < 4.78 is 5.06. The molecule has 3 aromatic rings. The summed E-state index contributed by atoms with van der Waals surface area (Å²) in [5.74, 6) is 0. The van der Waals surface area contributed by atoms with Gasteiger partial charge in [0.15, 0.2) is 0 Å². The number of amides is 1. The smallest absolute Gasteiger partial charge is 0.414 e. The van der Waals surface area contributed by atoms with Gasteiger partial charge < -0.3 is 9.64 Å². The van der Waals surface area contributed by atoms with Crippen LogP contribution in [0.25, 0.3) is 10.9 Å². The van der Waals surface area contributed by atoms with Gasteiger partial charge in [0.25, 0.3) is 0 Å². The number of aromatic nitrogens is 1. The minimum atomic E-state index is -0.243. The lowest BCUT2D eigenvalue weighted by Gasteiger charge is -2.36. The monoisotopic (exact) mass is 488 g/mol. The highest BCUT2D eigenvalue weighted by molar-refractivity contribution is 5.92. The zero-order valence-corrected chi connectivity index (χ0v) is 20.4. The molecule has 0 unspecified atom stereocenters. The van der Waals surface area contributed by atoms with Crippen molar-refractivity contribution in [2.75, 3.05) is 55.7 Å². The SMILES string of the molecule is Cc1ccc2c(N3CCN(CCc4cccc(N5CCOC5=O)c4)CC3)cccc2n1.Cl.Cl. The number of hydrogen-bond donors (Lipinski definition) is 0. The second-order valence-corrected chi connectivity index (χ2v) is 8.31. The van der Waals surface area contributed by atoms with Gasteiger partial charge >= 0.3 is 6.09 Å². The normalized spacial score (nSPS) is 16.3. The van der Waals surface area contributed by atoms with E-state index in [1.165, 1.54) is 16.6 Å². The van der Waals surface area contributed by atoms with Gasteiger partial charge in [-0.25, -0.2) is 4.79 Å². The van der Waals surface area contributed by atoms with Crippen LogP contribution in [0.15, 0.2) is 54.6 Å². The zero-order valence-electron chi connectivity index (χ0n) is 18.8. The number of rotatable bonds is 5. The maximum Gasteiger partial charge on any atom is 0.414 e. The molecule has 5 rings (SSSR count). The Bertz CT molecular complexity index is 1100. The van der Waals surface area contributed by atoms with Crippen molar-refractivity contribution in [1.29, 1.82) is 0 Å². The van der Waals surface area contributed by atoms with Crippen LogP contribution < -0.4 is 9.80 Å². The topological polar surface area (TPSA) is 48.9 Å². The van der Waals surface area contributed by atoms with E-state index in [9.17, 15) is 4.79 Å². The number of fused-ring (bicyclic) bond motifs is 1. The second-order valence-electron chi connectivity index (χ2n) is 8.31. The maximum absolute atomic E-state index is 11.8. The van der Waals surface area contributed by atoms with Gasteiger partial charge in [0.2, 0.25) is 0 Å². The van der Waals surface area contributed by atoms with Crippen LogP contribution in [0, 0.1) is 6.92 Å². The Morgan fingerprint density at radius 1 is 0.939 bits per heavy atom. The molecule has 8 heteroatoms. The van der Waals surface area contributed by atoms with Crippen molar-refractivity contribution >= 4 is 53.2 Å². The number of nitrogens with zero attached hydrogens (tertiary/aromatic N) is 4. The van der Waals surface area contributed by atoms with Crippen molar-refractivity contribution in [3.05, 3.63) is 65.9 Å². The van der Waals surface area contributed by atoms with Crippen LogP contribution >= 0.6 is 24.8 Å². The van der Waals surface area contributed by atoms with E-state index in [2.05, 4.69) is 57.2 Å². The fraction of sp³-hybridized carbons (Fsp3) is 0.360. The van der Waals surface area contributed by atoms with Crippen LogP contribution in [0.2, 0.25) is 0 Å². The number of aryl methyl sites for hydroxylation is 1. The third-order valence-electron chi connectivity index (χ3n) is 6.26. The number of carbonyl (C=O) groups is 1. The molecule has 2 fully saturated rings.